The summed E-state index contributed by atoms with van der Waals surface area (Å²) >= 11 is 0. The summed E-state index contributed by atoms with van der Waals surface area (Å²) in [6.07, 6.45) is 0.771. The molecular weight excluding hydrogens is 342 g/mol. The van der Waals surface area contributed by atoms with Gasteiger partial charge in [-0.05, 0) is 24.0 Å². The Morgan fingerprint density at radius 2 is 2.04 bits per heavy atom. The second-order valence-corrected chi connectivity index (χ2v) is 7.58. The van der Waals surface area contributed by atoms with Gasteiger partial charge in [-0.2, -0.15) is 0 Å². The lowest BCUT2D eigenvalue weighted by atomic mass is 10.0. The van der Waals surface area contributed by atoms with Crippen molar-refractivity contribution in [3.63, 3.8) is 0 Å². The third kappa shape index (κ3) is 4.96. The predicted molar refractivity (Wildman–Crippen MR) is 104 cm³/mol. The fourth-order valence-corrected chi connectivity index (χ4v) is 3.33. The van der Waals surface area contributed by atoms with Gasteiger partial charge in [0.1, 0.15) is 5.76 Å². The molecule has 3 rings (SSSR count). The van der Waals surface area contributed by atoms with Crippen molar-refractivity contribution >= 4 is 5.91 Å². The second-order valence-electron chi connectivity index (χ2n) is 7.58. The molecular formula is C21H29N3O3. The highest BCUT2D eigenvalue weighted by Gasteiger charge is 2.25. The zero-order valence-corrected chi connectivity index (χ0v) is 16.6. The van der Waals surface area contributed by atoms with Crippen LogP contribution in [0.2, 0.25) is 0 Å². The van der Waals surface area contributed by atoms with Crippen LogP contribution in [-0.2, 0) is 24.2 Å². The van der Waals surface area contributed by atoms with Crippen molar-refractivity contribution in [2.45, 2.75) is 52.2 Å². The van der Waals surface area contributed by atoms with E-state index in [1.165, 1.54) is 11.1 Å². The van der Waals surface area contributed by atoms with Gasteiger partial charge < -0.3 is 14.5 Å². The van der Waals surface area contributed by atoms with Crippen molar-refractivity contribution in [2.75, 3.05) is 20.3 Å². The molecule has 0 saturated carbocycles. The number of fused-ring (bicyclic) bond motifs is 1. The number of nitrogens with one attached hydrogen (secondary N) is 1. The van der Waals surface area contributed by atoms with Crippen LogP contribution < -0.4 is 5.32 Å². The first kappa shape index (κ1) is 19.6. The number of hydrogen-bond acceptors (Lipinski definition) is 5. The van der Waals surface area contributed by atoms with Gasteiger partial charge in [0.25, 0.3) is 5.89 Å². The Bertz CT molecular complexity index is 767. The summed E-state index contributed by atoms with van der Waals surface area (Å²) < 4.78 is 10.7. The summed E-state index contributed by atoms with van der Waals surface area (Å²) in [6, 6.07) is 8.72. The molecule has 2 heterocycles. The van der Waals surface area contributed by atoms with Crippen LogP contribution in [0.4, 0.5) is 0 Å². The topological polar surface area (TPSA) is 67.6 Å². The number of rotatable bonds is 7. The molecule has 1 unspecified atom stereocenters. The molecule has 2 aromatic rings. The fourth-order valence-electron chi connectivity index (χ4n) is 3.33. The molecule has 6 nitrogen and oxygen atoms in total. The molecule has 1 aromatic heterocycles. The molecule has 1 aliphatic rings. The largest absolute Gasteiger partial charge is 0.437 e. The van der Waals surface area contributed by atoms with Gasteiger partial charge in [0.15, 0.2) is 0 Å². The Morgan fingerprint density at radius 1 is 1.30 bits per heavy atom. The Labute approximate surface area is 160 Å². The number of oxazole rings is 1. The van der Waals surface area contributed by atoms with Crippen LogP contribution in [0.15, 0.2) is 28.7 Å². The lowest BCUT2D eigenvalue weighted by Crippen LogP contribution is -2.35. The molecule has 1 amide bonds. The third-order valence-corrected chi connectivity index (χ3v) is 4.85. The number of benzene rings is 1. The zero-order chi connectivity index (χ0) is 19.4. The molecule has 0 bridgehead atoms. The van der Waals surface area contributed by atoms with Gasteiger partial charge in [-0.3, -0.25) is 9.69 Å². The Hall–Kier alpha value is -2.18. The average Bonchev–Trinajstić information content (AvgIpc) is 3.06. The molecule has 1 aliphatic heterocycles. The number of hydrogen-bond donors (Lipinski definition) is 1. The van der Waals surface area contributed by atoms with Gasteiger partial charge in [-0.25, -0.2) is 4.98 Å². The summed E-state index contributed by atoms with van der Waals surface area (Å²) in [5.41, 5.74) is 3.51. The smallest absolute Gasteiger partial charge is 0.307 e. The zero-order valence-electron chi connectivity index (χ0n) is 16.6. The normalized spacial score (nSPS) is 15.6. The quantitative estimate of drug-likeness (QED) is 0.810. The highest BCUT2D eigenvalue weighted by molar-refractivity contribution is 5.89. The minimum Gasteiger partial charge on any atom is -0.437 e. The van der Waals surface area contributed by atoms with Gasteiger partial charge in [0, 0.05) is 39.2 Å². The van der Waals surface area contributed by atoms with E-state index in [2.05, 4.69) is 53.3 Å². The first-order chi connectivity index (χ1) is 13.0. The van der Waals surface area contributed by atoms with Gasteiger partial charge in [0.05, 0.1) is 12.3 Å². The van der Waals surface area contributed by atoms with Gasteiger partial charge in [-0.1, -0.05) is 38.1 Å². The SMILES string of the molecule is COCC(C)NC(=O)c1nc2c(o1)CCN(Cc1ccc(C(C)C)cc1)C2. The molecule has 0 saturated heterocycles. The van der Waals surface area contributed by atoms with Crippen molar-refractivity contribution < 1.29 is 13.9 Å². The highest BCUT2D eigenvalue weighted by atomic mass is 16.5. The first-order valence-electron chi connectivity index (χ1n) is 9.55. The number of aromatic nitrogens is 1. The summed E-state index contributed by atoms with van der Waals surface area (Å²) in [6.45, 7) is 9.22. The predicted octanol–water partition coefficient (Wildman–Crippen LogP) is 3.12. The van der Waals surface area contributed by atoms with Crippen LogP contribution >= 0.6 is 0 Å². The first-order valence-corrected chi connectivity index (χ1v) is 9.55. The van der Waals surface area contributed by atoms with E-state index in [0.29, 0.717) is 19.1 Å². The molecule has 1 N–H and O–H groups in total. The lowest BCUT2D eigenvalue weighted by molar-refractivity contribution is 0.0869. The van der Waals surface area contributed by atoms with E-state index in [1.807, 2.05) is 6.92 Å². The van der Waals surface area contributed by atoms with Crippen LogP contribution in [0, 0.1) is 0 Å². The van der Waals surface area contributed by atoms with E-state index in [0.717, 1.165) is 31.0 Å². The molecule has 6 heteroatoms. The van der Waals surface area contributed by atoms with Crippen molar-refractivity contribution in [3.05, 3.63) is 52.7 Å². The van der Waals surface area contributed by atoms with Crippen LogP contribution in [0.1, 0.15) is 60.0 Å². The second kappa shape index (κ2) is 8.67. The maximum atomic E-state index is 12.3. The number of carbonyl (C=O) groups is 1. The Balaban J connectivity index is 1.61. The minimum atomic E-state index is -0.287. The van der Waals surface area contributed by atoms with Crippen molar-refractivity contribution in [3.8, 4) is 0 Å². The molecule has 0 radical (unpaired) electrons. The van der Waals surface area contributed by atoms with E-state index in [1.54, 1.807) is 7.11 Å². The van der Waals surface area contributed by atoms with E-state index >= 15 is 0 Å². The van der Waals surface area contributed by atoms with Crippen LogP contribution in [0.25, 0.3) is 0 Å². The standard InChI is InChI=1S/C21H29N3O3/c1-14(2)17-7-5-16(6-8-17)11-24-10-9-19-18(12-24)23-21(27-19)20(25)22-15(3)13-26-4/h5-8,14-15H,9-13H2,1-4H3,(H,22,25). The summed E-state index contributed by atoms with van der Waals surface area (Å²) in [5.74, 6) is 1.23. The van der Waals surface area contributed by atoms with Crippen molar-refractivity contribution in [1.29, 1.82) is 0 Å². The van der Waals surface area contributed by atoms with E-state index < -0.39 is 0 Å². The van der Waals surface area contributed by atoms with Crippen molar-refractivity contribution in [2.24, 2.45) is 0 Å². The molecule has 1 atom stereocenters. The number of methoxy groups -OCH3 is 1. The number of nitrogens with zero attached hydrogens (tertiary/aromatic N) is 2. The Morgan fingerprint density at radius 3 is 2.70 bits per heavy atom. The molecule has 1 aromatic carbocycles. The number of carbonyl (C=O) groups excluding carboxylic acids is 1. The highest BCUT2D eigenvalue weighted by Crippen LogP contribution is 2.22. The van der Waals surface area contributed by atoms with Gasteiger partial charge in [-0.15, -0.1) is 0 Å². The van der Waals surface area contributed by atoms with Gasteiger partial charge in [0.2, 0.25) is 0 Å². The molecule has 27 heavy (non-hydrogen) atoms. The van der Waals surface area contributed by atoms with Crippen LogP contribution in [0.5, 0.6) is 0 Å². The van der Waals surface area contributed by atoms with E-state index in [9.17, 15) is 4.79 Å². The lowest BCUT2D eigenvalue weighted by Gasteiger charge is -2.25. The minimum absolute atomic E-state index is 0.0864. The number of ether oxygens (including phenoxy) is 1. The average molecular weight is 371 g/mol. The van der Waals surface area contributed by atoms with Crippen molar-refractivity contribution in [1.82, 2.24) is 15.2 Å². The number of amides is 1. The summed E-state index contributed by atoms with van der Waals surface area (Å²) in [4.78, 5) is 19.0. The van der Waals surface area contributed by atoms with E-state index in [4.69, 9.17) is 9.15 Å². The van der Waals surface area contributed by atoms with Gasteiger partial charge >= 0.3 is 5.91 Å². The monoisotopic (exact) mass is 371 g/mol. The van der Waals surface area contributed by atoms with Crippen LogP contribution in [-0.4, -0.2) is 42.1 Å². The summed E-state index contributed by atoms with van der Waals surface area (Å²) in [5, 5.41) is 2.84. The maximum absolute atomic E-state index is 12.3. The fraction of sp³-hybridized carbons (Fsp3) is 0.524. The summed E-state index contributed by atoms with van der Waals surface area (Å²) in [7, 11) is 1.61. The maximum Gasteiger partial charge on any atom is 0.307 e. The molecule has 146 valence electrons. The molecule has 0 fully saturated rings. The van der Waals surface area contributed by atoms with E-state index in [-0.39, 0.29) is 17.8 Å². The molecule has 0 spiro atoms. The third-order valence-electron chi connectivity index (χ3n) is 4.85. The van der Waals surface area contributed by atoms with Crippen LogP contribution in [0.3, 0.4) is 0 Å². The molecule has 0 aliphatic carbocycles. The Kier molecular flexibility index (Phi) is 6.29.